The zero-order valence-corrected chi connectivity index (χ0v) is 21.2. The highest BCUT2D eigenvalue weighted by atomic mass is 35.5. The van der Waals surface area contributed by atoms with Crippen molar-refractivity contribution in [2.24, 2.45) is 0 Å². The van der Waals surface area contributed by atoms with E-state index in [1.54, 1.807) is 0 Å². The molecule has 0 aliphatic carbocycles. The average molecular weight is 504 g/mol. The van der Waals surface area contributed by atoms with Gasteiger partial charge in [0.05, 0.1) is 7.11 Å². The molecule has 1 aliphatic heterocycles. The number of phenolic OH excluding ortho intramolecular Hbond substituents is 1. The van der Waals surface area contributed by atoms with Gasteiger partial charge in [-0.2, -0.15) is 0 Å². The number of phenols is 1. The van der Waals surface area contributed by atoms with Crippen molar-refractivity contribution in [3.63, 3.8) is 0 Å². The number of nitrogens with one attached hydrogen (secondary N) is 1. The number of Topliss-reactive ketones (excluding diaryl/α,β-unsaturated/α-hetero) is 1. The van der Waals surface area contributed by atoms with Crippen molar-refractivity contribution >= 4 is 50.6 Å². The number of halogens is 1. The fourth-order valence-corrected chi connectivity index (χ4v) is 5.41. The first kappa shape index (κ1) is 26.0. The normalized spacial score (nSPS) is 14.6. The molecule has 0 spiro atoms. The number of aromatic hydroxyl groups is 1. The fourth-order valence-electron chi connectivity index (χ4n) is 4.17. The van der Waals surface area contributed by atoms with E-state index in [1.807, 2.05) is 30.3 Å². The quantitative estimate of drug-likeness (QED) is 0.366. The monoisotopic (exact) mass is 503 g/mol. The van der Waals surface area contributed by atoms with Gasteiger partial charge >= 0.3 is 5.97 Å². The first-order chi connectivity index (χ1) is 15.9. The second-order valence-corrected chi connectivity index (χ2v) is 9.42. The number of likely N-dealkylation sites (N-methyl/N-ethyl adjacent to an activating group) is 1. The topological polar surface area (TPSA) is 82.1 Å². The van der Waals surface area contributed by atoms with Crippen LogP contribution in [-0.4, -0.2) is 67.0 Å². The fraction of sp³-hybridized carbons (Fsp3) is 0.360. The lowest BCUT2D eigenvalue weighted by Crippen LogP contribution is -2.43. The zero-order chi connectivity index (χ0) is 23.5. The molecule has 7 nitrogen and oxygen atoms in total. The molecule has 0 amide bonds. The maximum Gasteiger partial charge on any atom is 0.341 e. The van der Waals surface area contributed by atoms with E-state index in [1.165, 1.54) is 31.4 Å². The number of nitrogens with zero attached hydrogens (tertiary/aromatic N) is 2. The summed E-state index contributed by atoms with van der Waals surface area (Å²) in [5.74, 6) is -0.631. The van der Waals surface area contributed by atoms with Crippen LogP contribution in [-0.2, 0) is 17.8 Å². The van der Waals surface area contributed by atoms with Gasteiger partial charge in [-0.3, -0.25) is 9.69 Å². The Hall–Kier alpha value is -2.65. The van der Waals surface area contributed by atoms with Crippen molar-refractivity contribution in [1.29, 1.82) is 0 Å². The lowest BCUT2D eigenvalue weighted by molar-refractivity contribution is 0.0604. The third-order valence-electron chi connectivity index (χ3n) is 6.08. The molecule has 182 valence electrons. The Labute approximate surface area is 209 Å². The van der Waals surface area contributed by atoms with Crippen LogP contribution in [0.4, 0.5) is 5.00 Å². The predicted molar refractivity (Wildman–Crippen MR) is 139 cm³/mol. The number of hydrogen-bond acceptors (Lipinski definition) is 8. The van der Waals surface area contributed by atoms with E-state index in [0.29, 0.717) is 34.6 Å². The maximum absolute atomic E-state index is 12.9. The van der Waals surface area contributed by atoms with E-state index in [-0.39, 0.29) is 23.9 Å². The Balaban J connectivity index is 0.00000324. The minimum absolute atomic E-state index is 0. The number of benzene rings is 2. The number of anilines is 1. The number of hydrogen-bond donors (Lipinski definition) is 2. The van der Waals surface area contributed by atoms with Crippen molar-refractivity contribution in [3.8, 4) is 5.75 Å². The molecular formula is C25H30ClN3O4S. The molecule has 4 rings (SSSR count). The lowest BCUT2D eigenvalue weighted by Gasteiger charge is -2.32. The van der Waals surface area contributed by atoms with Crippen LogP contribution in [0.1, 0.15) is 38.8 Å². The van der Waals surface area contributed by atoms with Gasteiger partial charge in [-0.15, -0.1) is 23.7 Å². The number of piperazine rings is 1. The predicted octanol–water partition coefficient (Wildman–Crippen LogP) is 4.38. The van der Waals surface area contributed by atoms with Crippen LogP contribution in [0.15, 0.2) is 36.4 Å². The molecule has 0 bridgehead atoms. The number of rotatable bonds is 7. The smallest absolute Gasteiger partial charge is 0.341 e. The van der Waals surface area contributed by atoms with Gasteiger partial charge in [-0.1, -0.05) is 30.3 Å². The second kappa shape index (κ2) is 11.2. The summed E-state index contributed by atoms with van der Waals surface area (Å²) >= 11 is 1.39. The van der Waals surface area contributed by atoms with Gasteiger partial charge in [-0.25, -0.2) is 4.79 Å². The van der Waals surface area contributed by atoms with E-state index in [9.17, 15) is 14.7 Å². The van der Waals surface area contributed by atoms with Crippen LogP contribution in [0, 0.1) is 0 Å². The molecule has 0 unspecified atom stereocenters. The SMILES string of the molecule is COC(=O)c1c(NCc2ccccc2)sc2c(CN3CCN(C)CC3)c(O)cc(C(C)=O)c12.Cl. The van der Waals surface area contributed by atoms with E-state index in [4.69, 9.17) is 4.74 Å². The van der Waals surface area contributed by atoms with Gasteiger partial charge in [0.15, 0.2) is 5.78 Å². The van der Waals surface area contributed by atoms with Crippen LogP contribution in [0.2, 0.25) is 0 Å². The summed E-state index contributed by atoms with van der Waals surface area (Å²) in [6, 6.07) is 11.4. The van der Waals surface area contributed by atoms with Gasteiger partial charge < -0.3 is 20.1 Å². The van der Waals surface area contributed by atoms with Gasteiger partial charge in [0.2, 0.25) is 0 Å². The molecule has 0 radical (unpaired) electrons. The molecule has 9 heteroatoms. The molecule has 34 heavy (non-hydrogen) atoms. The van der Waals surface area contributed by atoms with E-state index < -0.39 is 5.97 Å². The Morgan fingerprint density at radius 1 is 1.15 bits per heavy atom. The minimum Gasteiger partial charge on any atom is -0.508 e. The molecule has 1 fully saturated rings. The Morgan fingerprint density at radius 3 is 2.44 bits per heavy atom. The summed E-state index contributed by atoms with van der Waals surface area (Å²) in [7, 11) is 3.44. The number of esters is 1. The van der Waals surface area contributed by atoms with E-state index in [0.717, 1.165) is 42.0 Å². The molecule has 1 saturated heterocycles. The summed E-state index contributed by atoms with van der Waals surface area (Å²) in [4.78, 5) is 29.9. The number of carbonyl (C=O) groups excluding carboxylic acids is 2. The lowest BCUT2D eigenvalue weighted by atomic mass is 9.98. The summed E-state index contributed by atoms with van der Waals surface area (Å²) in [6.07, 6.45) is 0. The Morgan fingerprint density at radius 2 is 1.82 bits per heavy atom. The number of carbonyl (C=O) groups is 2. The van der Waals surface area contributed by atoms with E-state index in [2.05, 4.69) is 22.2 Å². The first-order valence-corrected chi connectivity index (χ1v) is 11.8. The van der Waals surface area contributed by atoms with Gasteiger partial charge in [-0.05, 0) is 25.6 Å². The van der Waals surface area contributed by atoms with Crippen molar-refractivity contribution in [2.75, 3.05) is 45.7 Å². The average Bonchev–Trinajstić information content (AvgIpc) is 3.20. The van der Waals surface area contributed by atoms with Crippen molar-refractivity contribution in [2.45, 2.75) is 20.0 Å². The molecule has 1 aromatic heterocycles. The first-order valence-electron chi connectivity index (χ1n) is 11.0. The molecule has 0 atom stereocenters. The van der Waals surface area contributed by atoms with Crippen LogP contribution < -0.4 is 5.32 Å². The van der Waals surface area contributed by atoms with E-state index >= 15 is 0 Å². The zero-order valence-electron chi connectivity index (χ0n) is 19.6. The van der Waals surface area contributed by atoms with Gasteiger partial charge in [0.25, 0.3) is 0 Å². The third-order valence-corrected chi connectivity index (χ3v) is 7.29. The standard InChI is InChI=1S/C25H29N3O4S.ClH/c1-16(29)18-13-20(30)19(15-28-11-9-27(2)10-12-28)23-21(18)22(25(31)32-3)24(33-23)26-14-17-7-5-4-6-8-17;/h4-8,13,26,30H,9-12,14-15H2,1-3H3;1H. The highest BCUT2D eigenvalue weighted by Crippen LogP contribution is 2.44. The summed E-state index contributed by atoms with van der Waals surface area (Å²) in [5.41, 5.74) is 2.48. The second-order valence-electron chi connectivity index (χ2n) is 8.40. The molecule has 1 aliphatic rings. The number of ketones is 1. The van der Waals surface area contributed by atoms with Crippen molar-refractivity contribution in [3.05, 3.63) is 58.7 Å². The highest BCUT2D eigenvalue weighted by Gasteiger charge is 2.28. The highest BCUT2D eigenvalue weighted by molar-refractivity contribution is 7.23. The molecule has 0 saturated carbocycles. The van der Waals surface area contributed by atoms with Gasteiger partial charge in [0.1, 0.15) is 16.3 Å². The molecular weight excluding hydrogens is 474 g/mol. The summed E-state index contributed by atoms with van der Waals surface area (Å²) in [6.45, 7) is 6.21. The molecule has 2 aromatic carbocycles. The van der Waals surface area contributed by atoms with Crippen LogP contribution in [0.5, 0.6) is 5.75 Å². The summed E-state index contributed by atoms with van der Waals surface area (Å²) < 4.78 is 5.85. The number of ether oxygens (including phenoxy) is 1. The van der Waals surface area contributed by atoms with Gasteiger partial charge in [0, 0.05) is 60.5 Å². The van der Waals surface area contributed by atoms with Crippen LogP contribution >= 0.6 is 23.7 Å². The Bertz CT molecular complexity index is 1170. The minimum atomic E-state index is -0.504. The van der Waals surface area contributed by atoms with Crippen LogP contribution in [0.3, 0.4) is 0 Å². The number of thiophene rings is 1. The molecule has 2 N–H and O–H groups in total. The molecule has 3 aromatic rings. The maximum atomic E-state index is 12.9. The Kier molecular flexibility index (Phi) is 8.54. The largest absolute Gasteiger partial charge is 0.508 e. The van der Waals surface area contributed by atoms with Crippen molar-refractivity contribution in [1.82, 2.24) is 9.80 Å². The summed E-state index contributed by atoms with van der Waals surface area (Å²) in [5, 5.41) is 15.5. The third kappa shape index (κ3) is 5.36. The van der Waals surface area contributed by atoms with Crippen molar-refractivity contribution < 1.29 is 19.4 Å². The molecule has 2 heterocycles. The number of methoxy groups -OCH3 is 1. The van der Waals surface area contributed by atoms with Crippen LogP contribution in [0.25, 0.3) is 10.1 Å². The number of fused-ring (bicyclic) bond motifs is 1.